The molecule has 5 N–H and O–H groups in total. The lowest BCUT2D eigenvalue weighted by molar-refractivity contribution is -0.00842. The number of aryl methyl sites for hydroxylation is 2. The highest BCUT2D eigenvalue weighted by Gasteiger charge is 2.47. The Kier molecular flexibility index (Phi) is 12.4. The van der Waals surface area contributed by atoms with Crippen molar-refractivity contribution >= 4 is 23.6 Å². The number of aromatic hydroxyl groups is 2. The molecule has 4 aliphatic heterocycles. The van der Waals surface area contributed by atoms with E-state index in [-0.39, 0.29) is 54.2 Å². The van der Waals surface area contributed by atoms with Crippen LogP contribution in [0.25, 0.3) is 0 Å². The summed E-state index contributed by atoms with van der Waals surface area (Å²) in [6.45, 7) is 8.13. The summed E-state index contributed by atoms with van der Waals surface area (Å²) in [7, 11) is 1.40. The van der Waals surface area contributed by atoms with Crippen LogP contribution in [0.2, 0.25) is 0 Å². The van der Waals surface area contributed by atoms with Crippen molar-refractivity contribution in [2.24, 2.45) is 0 Å². The summed E-state index contributed by atoms with van der Waals surface area (Å²) in [6.07, 6.45) is 2.60. The number of amides is 4. The van der Waals surface area contributed by atoms with Gasteiger partial charge in [0.1, 0.15) is 28.6 Å². The molecule has 4 aliphatic rings. The molecule has 6 atom stereocenters. The van der Waals surface area contributed by atoms with Crippen LogP contribution in [-0.2, 0) is 17.8 Å². The molecule has 4 aromatic rings. The minimum Gasteiger partial charge on any atom is -0.503 e. The number of halogens is 3. The molecule has 346 valence electrons. The van der Waals surface area contributed by atoms with Crippen LogP contribution in [0.3, 0.4) is 0 Å². The Morgan fingerprint density at radius 3 is 1.89 bits per heavy atom. The Morgan fingerprint density at radius 2 is 1.31 bits per heavy atom. The summed E-state index contributed by atoms with van der Waals surface area (Å²) in [5, 5.41) is 37.1. The van der Waals surface area contributed by atoms with Crippen molar-refractivity contribution in [2.75, 3.05) is 20.2 Å². The summed E-state index contributed by atoms with van der Waals surface area (Å²) in [5.74, 6) is -6.82. The molecule has 0 spiro atoms. The van der Waals surface area contributed by atoms with Crippen molar-refractivity contribution in [2.45, 2.75) is 109 Å². The van der Waals surface area contributed by atoms with Gasteiger partial charge in [-0.25, -0.2) is 13.2 Å². The Labute approximate surface area is 372 Å². The topological polar surface area (TPSA) is 213 Å². The maximum Gasteiger partial charge on any atom is 0.274 e. The molecule has 0 aliphatic carbocycles. The van der Waals surface area contributed by atoms with E-state index in [2.05, 4.69) is 10.6 Å². The molecule has 6 heterocycles. The summed E-state index contributed by atoms with van der Waals surface area (Å²) in [4.78, 5) is 80.3. The standard InChI is InChI=1S/C23H25F2N3O5.C23H26FN3O5/c1-11-6-15(24)13(16(25)7-11)8-26-21(31)14-9-28-17-10-27(12(2)4-5-23(17,3)33)22(32)18(28)20(30)19(14)29;1-12-4-6-14(16(24)8-12)9-25-22(30)15-10-27-17-11-26(13(2)5-7-18(17)32-3)23(31)19(27)21(29)20(15)28/h6-7,9,12,17,30,33H,4-5,8,10H2,1-3H3,(H,26,31);4,6,8,10,13,17-18,29H,5,7,9,11H2,1-3H3,(H,25,30)/t12-,17+,23-;13-,17+,18-/m00/s1/i;18D. The van der Waals surface area contributed by atoms with Gasteiger partial charge < -0.3 is 49.6 Å². The van der Waals surface area contributed by atoms with Gasteiger partial charge in [-0.1, -0.05) is 12.1 Å². The quantitative estimate of drug-likeness (QED) is 0.179. The van der Waals surface area contributed by atoms with Gasteiger partial charge in [0.15, 0.2) is 22.9 Å². The summed E-state index contributed by atoms with van der Waals surface area (Å²) in [5.41, 5.74) is -3.85. The first kappa shape index (κ1) is 45.1. The van der Waals surface area contributed by atoms with E-state index in [4.69, 9.17) is 6.11 Å². The Morgan fingerprint density at radius 1 is 0.785 bits per heavy atom. The van der Waals surface area contributed by atoms with E-state index in [9.17, 15) is 57.3 Å². The predicted molar refractivity (Wildman–Crippen MR) is 228 cm³/mol. The molecule has 2 aromatic heterocycles. The van der Waals surface area contributed by atoms with E-state index in [1.165, 1.54) is 51.3 Å². The monoisotopic (exact) mass is 905 g/mol. The molecule has 0 radical (unpaired) electrons. The average Bonchev–Trinajstić information content (AvgIpc) is 3.44. The highest BCUT2D eigenvalue weighted by atomic mass is 19.1. The molecule has 4 bridgehead atoms. The summed E-state index contributed by atoms with van der Waals surface area (Å²) < 4.78 is 59.2. The van der Waals surface area contributed by atoms with Crippen LogP contribution in [0.15, 0.2) is 52.3 Å². The highest BCUT2D eigenvalue weighted by molar-refractivity contribution is 6.00. The van der Waals surface area contributed by atoms with Gasteiger partial charge >= 0.3 is 0 Å². The van der Waals surface area contributed by atoms with Crippen LogP contribution in [-0.4, -0.2) is 102 Å². The number of pyridine rings is 2. The number of aromatic nitrogens is 2. The molecule has 4 amide bonds. The number of fused-ring (bicyclic) bond motifs is 8. The van der Waals surface area contributed by atoms with Gasteiger partial charge in [-0.15, -0.1) is 0 Å². The molecular weight excluding hydrogens is 854 g/mol. The lowest BCUT2D eigenvalue weighted by atomic mass is 9.90. The maximum atomic E-state index is 14.1. The van der Waals surface area contributed by atoms with Gasteiger partial charge in [0.25, 0.3) is 23.6 Å². The smallest absolute Gasteiger partial charge is 0.274 e. The fourth-order valence-electron chi connectivity index (χ4n) is 8.94. The highest BCUT2D eigenvalue weighted by Crippen LogP contribution is 2.40. The fourth-order valence-corrected chi connectivity index (χ4v) is 8.94. The van der Waals surface area contributed by atoms with E-state index >= 15 is 0 Å². The Hall–Kier alpha value is -6.47. The number of hydrogen-bond acceptors (Lipinski definition) is 10. The second kappa shape index (κ2) is 17.8. The number of nitrogens with one attached hydrogen (secondary N) is 2. The molecule has 8 rings (SSSR count). The molecular formula is C46H51F3N6O10. The zero-order valence-electron chi connectivity index (χ0n) is 37.6. The number of nitrogens with zero attached hydrogens (tertiary/aromatic N) is 4. The molecule has 2 saturated heterocycles. The average molecular weight is 906 g/mol. The molecule has 0 saturated carbocycles. The van der Waals surface area contributed by atoms with Crippen LogP contribution in [0.5, 0.6) is 11.5 Å². The predicted octanol–water partition coefficient (Wildman–Crippen LogP) is 4.13. The normalized spacial score (nSPS) is 24.7. The van der Waals surface area contributed by atoms with Crippen LogP contribution < -0.4 is 21.5 Å². The minimum absolute atomic E-state index is 0.141. The molecule has 0 unspecified atom stereocenters. The number of methoxy groups -OCH3 is 1. The van der Waals surface area contributed by atoms with Gasteiger partial charge in [-0.3, -0.25) is 28.8 Å². The van der Waals surface area contributed by atoms with Gasteiger partial charge in [0.05, 0.1) is 25.1 Å². The van der Waals surface area contributed by atoms with Crippen LogP contribution >= 0.6 is 0 Å². The number of benzene rings is 2. The van der Waals surface area contributed by atoms with Crippen molar-refractivity contribution < 1.29 is 53.8 Å². The van der Waals surface area contributed by atoms with Crippen molar-refractivity contribution in [3.63, 3.8) is 0 Å². The zero-order chi connectivity index (χ0) is 48.3. The first-order chi connectivity index (χ1) is 31.0. The van der Waals surface area contributed by atoms with E-state index in [0.717, 1.165) is 23.9 Å². The first-order valence-electron chi connectivity index (χ1n) is 21.6. The number of aliphatic hydroxyl groups is 1. The van der Waals surface area contributed by atoms with E-state index in [0.29, 0.717) is 31.2 Å². The van der Waals surface area contributed by atoms with E-state index < -0.39 is 105 Å². The van der Waals surface area contributed by atoms with Crippen LogP contribution in [0, 0.1) is 31.3 Å². The number of ether oxygens (including phenoxy) is 1. The van der Waals surface area contributed by atoms with Crippen LogP contribution in [0.4, 0.5) is 13.2 Å². The molecule has 2 aromatic carbocycles. The van der Waals surface area contributed by atoms with Crippen molar-refractivity contribution in [1.29, 1.82) is 0 Å². The van der Waals surface area contributed by atoms with Crippen molar-refractivity contribution in [3.8, 4) is 11.5 Å². The third-order valence-electron chi connectivity index (χ3n) is 12.9. The fraction of sp³-hybridized carbons (Fsp3) is 0.435. The van der Waals surface area contributed by atoms with Gasteiger partial charge in [-0.2, -0.15) is 0 Å². The lowest BCUT2D eigenvalue weighted by Gasteiger charge is -2.41. The SMILES string of the molecule is Cc1cc(F)c(CNC(=O)c2cn3c(c(O)c2=O)C(=O)N2C[C@@H]3[C@@](C)(O)CC[C@@H]2C)c(F)c1.[2H][C@]1(OC)CC[C@H](C)N2C[C@H]1n1cc(C(=O)NCc3ccc(C)cc3F)c(=O)c(O)c1C2=O. The number of hydrogen-bond donors (Lipinski definition) is 5. The van der Waals surface area contributed by atoms with Crippen molar-refractivity contribution in [3.05, 3.63) is 125 Å². The molecule has 2 fully saturated rings. The van der Waals surface area contributed by atoms with E-state index in [1.54, 1.807) is 19.9 Å². The van der Waals surface area contributed by atoms with Crippen molar-refractivity contribution in [1.82, 2.24) is 29.6 Å². The van der Waals surface area contributed by atoms with E-state index in [1.807, 2.05) is 13.8 Å². The third kappa shape index (κ3) is 8.61. The molecule has 19 heteroatoms. The Balaban J connectivity index is 0.000000196. The Bertz CT molecular complexity index is 2770. The maximum absolute atomic E-state index is 14.1. The number of carbonyl (C=O) groups is 4. The number of rotatable bonds is 7. The summed E-state index contributed by atoms with van der Waals surface area (Å²) in [6, 6.07) is 4.95. The molecule has 65 heavy (non-hydrogen) atoms. The van der Waals surface area contributed by atoms with Crippen LogP contribution in [0.1, 0.15) is 124 Å². The first-order valence-corrected chi connectivity index (χ1v) is 21.1. The van der Waals surface area contributed by atoms with Gasteiger partial charge in [0.2, 0.25) is 10.9 Å². The third-order valence-corrected chi connectivity index (χ3v) is 12.9. The second-order valence-electron chi connectivity index (χ2n) is 17.4. The molecule has 16 nitrogen and oxygen atoms in total. The zero-order valence-corrected chi connectivity index (χ0v) is 36.6. The largest absolute Gasteiger partial charge is 0.503 e. The minimum atomic E-state index is -1.43. The van der Waals surface area contributed by atoms with Gasteiger partial charge in [-0.05, 0) is 89.6 Å². The van der Waals surface area contributed by atoms with Gasteiger partial charge in [0, 0.05) is 68.9 Å². The lowest BCUT2D eigenvalue weighted by Crippen LogP contribution is -2.51. The second-order valence-corrected chi connectivity index (χ2v) is 17.4. The summed E-state index contributed by atoms with van der Waals surface area (Å²) >= 11 is 0. The number of carbonyl (C=O) groups excluding carboxylic acids is 4.